The normalized spacial score (nSPS) is 19.5. The lowest BCUT2D eigenvalue weighted by atomic mass is 9.83. The maximum absolute atomic E-state index is 14.6. The molecule has 0 saturated carbocycles. The largest absolute Gasteiger partial charge is 0.381 e. The van der Waals surface area contributed by atoms with Crippen molar-refractivity contribution in [1.29, 1.82) is 5.41 Å². The lowest BCUT2D eigenvalue weighted by Crippen LogP contribution is -2.25. The van der Waals surface area contributed by atoms with E-state index in [9.17, 15) is 14.4 Å². The van der Waals surface area contributed by atoms with Gasteiger partial charge in [0.05, 0.1) is 17.1 Å². The number of carbonyl (C=O) groups is 2. The van der Waals surface area contributed by atoms with Crippen LogP contribution in [0.1, 0.15) is 113 Å². The molecule has 1 fully saturated rings. The highest BCUT2D eigenvalue weighted by molar-refractivity contribution is 6.02. The quantitative estimate of drug-likeness (QED) is 0.141. The molecule has 9 nitrogen and oxygen atoms in total. The molecule has 0 spiro atoms. The van der Waals surface area contributed by atoms with E-state index in [-0.39, 0.29) is 35.1 Å². The number of Topliss-reactive ketones (excluding diaryl/α,β-unsaturated/α-hetero) is 1. The van der Waals surface area contributed by atoms with E-state index < -0.39 is 0 Å². The first kappa shape index (κ1) is 40.2. The van der Waals surface area contributed by atoms with Crippen molar-refractivity contribution < 1.29 is 14.3 Å². The summed E-state index contributed by atoms with van der Waals surface area (Å²) in [7, 11) is 0. The van der Waals surface area contributed by atoms with Crippen molar-refractivity contribution in [1.82, 2.24) is 14.5 Å². The van der Waals surface area contributed by atoms with Gasteiger partial charge in [-0.2, -0.15) is 0 Å². The minimum atomic E-state index is -0.347. The van der Waals surface area contributed by atoms with Crippen LogP contribution in [0.25, 0.3) is 11.4 Å². The van der Waals surface area contributed by atoms with Gasteiger partial charge in [0.25, 0.3) is 5.91 Å². The molecule has 2 aliphatic heterocycles. The fraction of sp³-hybridized carbons (Fsp3) is 0.404. The number of amides is 1. The molecule has 56 heavy (non-hydrogen) atoms. The van der Waals surface area contributed by atoms with Crippen molar-refractivity contribution in [2.75, 3.05) is 18.5 Å². The number of benzene rings is 2. The van der Waals surface area contributed by atoms with Crippen molar-refractivity contribution in [3.8, 4) is 23.2 Å². The van der Waals surface area contributed by atoms with Crippen molar-refractivity contribution in [3.63, 3.8) is 0 Å². The third-order valence-electron chi connectivity index (χ3n) is 11.2. The van der Waals surface area contributed by atoms with Gasteiger partial charge in [0.2, 0.25) is 5.78 Å². The van der Waals surface area contributed by atoms with Crippen LogP contribution < -0.4 is 16.3 Å². The highest BCUT2D eigenvalue weighted by Crippen LogP contribution is 2.31. The Hall–Kier alpha value is -5.46. The molecule has 0 radical (unpaired) electrons. The van der Waals surface area contributed by atoms with E-state index in [1.54, 1.807) is 33.4 Å². The number of aromatic nitrogens is 2. The minimum Gasteiger partial charge on any atom is -0.381 e. The Morgan fingerprint density at radius 3 is 2.66 bits per heavy atom. The highest BCUT2D eigenvalue weighted by Gasteiger charge is 2.28. The molecule has 1 aliphatic carbocycles. The smallest absolute Gasteiger partial charge is 0.339 e. The lowest BCUT2D eigenvalue weighted by Gasteiger charge is -2.21. The molecule has 4 atom stereocenters. The molecule has 3 aliphatic rings. The zero-order valence-electron chi connectivity index (χ0n) is 33.2. The van der Waals surface area contributed by atoms with Crippen molar-refractivity contribution in [2.45, 2.75) is 91.4 Å². The van der Waals surface area contributed by atoms with Gasteiger partial charge in [-0.15, -0.1) is 0 Å². The predicted molar refractivity (Wildman–Crippen MR) is 225 cm³/mol. The number of hydrogen-bond acceptors (Lipinski definition) is 6. The molecule has 3 heterocycles. The Kier molecular flexibility index (Phi) is 13.6. The Morgan fingerprint density at radius 1 is 1.05 bits per heavy atom. The molecule has 9 heteroatoms. The number of anilines is 1. The molecule has 2 aromatic carbocycles. The number of nitrogens with zero attached hydrogens (tertiary/aromatic N) is 2. The second kappa shape index (κ2) is 18.9. The highest BCUT2D eigenvalue weighted by atomic mass is 16.5. The number of hydrogen-bond donors (Lipinski definition) is 3. The van der Waals surface area contributed by atoms with Gasteiger partial charge in [-0.05, 0) is 135 Å². The van der Waals surface area contributed by atoms with Crippen LogP contribution in [0.4, 0.5) is 5.82 Å². The van der Waals surface area contributed by atoms with E-state index in [2.05, 4.69) is 54.5 Å². The summed E-state index contributed by atoms with van der Waals surface area (Å²) in [6.07, 6.45) is 19.7. The summed E-state index contributed by atoms with van der Waals surface area (Å²) >= 11 is 0. The molecule has 1 aromatic heterocycles. The van der Waals surface area contributed by atoms with Gasteiger partial charge in [-0.25, -0.2) is 9.36 Å². The summed E-state index contributed by atoms with van der Waals surface area (Å²) in [5.41, 5.74) is 4.81. The Bertz CT molecular complexity index is 2160. The maximum Gasteiger partial charge on any atom is 0.339 e. The second-order valence-electron chi connectivity index (χ2n) is 15.2. The van der Waals surface area contributed by atoms with Gasteiger partial charge >= 0.3 is 5.69 Å². The number of ketones is 1. The van der Waals surface area contributed by atoms with Crippen LogP contribution in [-0.2, 0) is 9.53 Å². The van der Waals surface area contributed by atoms with Crippen LogP contribution in [0.2, 0.25) is 0 Å². The van der Waals surface area contributed by atoms with Gasteiger partial charge in [0.15, 0.2) is 0 Å². The summed E-state index contributed by atoms with van der Waals surface area (Å²) in [5, 5.41) is 15.4. The monoisotopic (exact) mass is 753 g/mol. The molecule has 6 rings (SSSR count). The van der Waals surface area contributed by atoms with E-state index in [1.807, 2.05) is 56.5 Å². The van der Waals surface area contributed by atoms with E-state index >= 15 is 0 Å². The van der Waals surface area contributed by atoms with E-state index in [4.69, 9.17) is 10.1 Å². The SMILES string of the molecule is CCC1C=CC(C)=CC(NC(=O)c2ccc(-n3c4c(n(-c5cccc(C(C)C(CC)C(=O)C#CCC6CCCCOCC6)c5)c3=O)NC=CCCC4=N)cc2)=C1. The van der Waals surface area contributed by atoms with Crippen LogP contribution in [0.5, 0.6) is 0 Å². The van der Waals surface area contributed by atoms with Crippen molar-refractivity contribution in [2.24, 2.45) is 17.8 Å². The van der Waals surface area contributed by atoms with E-state index in [1.165, 1.54) is 0 Å². The molecule has 3 N–H and O–H groups in total. The van der Waals surface area contributed by atoms with Crippen LogP contribution in [0.15, 0.2) is 101 Å². The van der Waals surface area contributed by atoms with Gasteiger partial charge in [-0.1, -0.05) is 69.5 Å². The van der Waals surface area contributed by atoms with Gasteiger partial charge in [-0.3, -0.25) is 14.2 Å². The fourth-order valence-electron chi connectivity index (χ4n) is 7.82. The van der Waals surface area contributed by atoms with Crippen LogP contribution in [-0.4, -0.2) is 39.8 Å². The summed E-state index contributed by atoms with van der Waals surface area (Å²) in [6, 6.07) is 14.7. The maximum atomic E-state index is 14.6. The number of ether oxygens (including phenoxy) is 1. The van der Waals surface area contributed by atoms with Gasteiger partial charge < -0.3 is 20.8 Å². The fourth-order valence-corrected chi connectivity index (χ4v) is 7.82. The first-order chi connectivity index (χ1) is 27.2. The predicted octanol–water partition coefficient (Wildman–Crippen LogP) is 9.17. The Balaban J connectivity index is 1.28. The zero-order chi connectivity index (χ0) is 39.6. The number of rotatable bonds is 10. The molecular weight excluding hydrogens is 699 g/mol. The molecule has 3 aromatic rings. The van der Waals surface area contributed by atoms with Crippen molar-refractivity contribution in [3.05, 3.63) is 124 Å². The Labute approximate surface area is 331 Å². The summed E-state index contributed by atoms with van der Waals surface area (Å²) in [5.74, 6) is 6.62. The number of allylic oxidation sites excluding steroid dienone is 6. The summed E-state index contributed by atoms with van der Waals surface area (Å²) in [6.45, 7) is 9.78. The van der Waals surface area contributed by atoms with Crippen LogP contribution >= 0.6 is 0 Å². The topological polar surface area (TPSA) is 118 Å². The first-order valence-electron chi connectivity index (χ1n) is 20.3. The zero-order valence-corrected chi connectivity index (χ0v) is 33.2. The third kappa shape index (κ3) is 9.49. The molecule has 0 bridgehead atoms. The molecule has 292 valence electrons. The average molecular weight is 754 g/mol. The summed E-state index contributed by atoms with van der Waals surface area (Å²) in [4.78, 5) is 41.5. The summed E-state index contributed by atoms with van der Waals surface area (Å²) < 4.78 is 8.81. The van der Waals surface area contributed by atoms with Gasteiger partial charge in [0, 0.05) is 36.8 Å². The van der Waals surface area contributed by atoms with Crippen LogP contribution in [0, 0.1) is 35.0 Å². The minimum absolute atomic E-state index is 0.0574. The van der Waals surface area contributed by atoms with Gasteiger partial charge in [0.1, 0.15) is 11.5 Å². The Morgan fingerprint density at radius 2 is 1.88 bits per heavy atom. The standard InChI is InChI=1S/C47H55N5O4/c1-5-34-20-19-32(3)29-38(30-34)50-46(54)36-21-23-39(24-22-36)51-44-42(48)17-7-9-26-49-45(44)52(47(51)55)40-16-12-15-37(31-40)33(4)41(6-2)43(53)18-11-14-35-13-8-10-27-56-28-25-35/h9,12,15-16,19-24,26,29-31,33-35,41,48-49H,5-8,10,13-14,17,25,27-28H2,1-4H3,(H,50,54). The molecular formula is C47H55N5O4. The number of carbonyl (C=O) groups excluding carboxylic acids is 2. The number of imidazole rings is 1. The first-order valence-corrected chi connectivity index (χ1v) is 20.3. The molecule has 1 saturated heterocycles. The number of fused-ring (bicyclic) bond motifs is 1. The second-order valence-corrected chi connectivity index (χ2v) is 15.2. The third-order valence-corrected chi connectivity index (χ3v) is 11.2. The number of nitrogens with one attached hydrogen (secondary N) is 3. The van der Waals surface area contributed by atoms with E-state index in [0.717, 1.165) is 62.2 Å². The van der Waals surface area contributed by atoms with Crippen LogP contribution in [0.3, 0.4) is 0 Å². The average Bonchev–Trinajstić information content (AvgIpc) is 3.33. The van der Waals surface area contributed by atoms with E-state index in [0.29, 0.717) is 65.8 Å². The molecule has 4 unspecified atom stereocenters. The molecule has 1 amide bonds. The lowest BCUT2D eigenvalue weighted by molar-refractivity contribution is -0.118. The van der Waals surface area contributed by atoms with Crippen molar-refractivity contribution >= 4 is 23.2 Å².